The van der Waals surface area contributed by atoms with Crippen LogP contribution in [0.1, 0.15) is 82.9 Å². The number of aryl methyl sites for hydroxylation is 1. The number of nitrogens with two attached hydrogens (primary N) is 1. The van der Waals surface area contributed by atoms with Gasteiger partial charge in [-0.1, -0.05) is 44.2 Å². The van der Waals surface area contributed by atoms with Crippen molar-refractivity contribution >= 4 is 18.0 Å². The van der Waals surface area contributed by atoms with Crippen LogP contribution in [0.25, 0.3) is 6.08 Å². The molecule has 3 N–H and O–H groups in total. The lowest BCUT2D eigenvalue weighted by Crippen LogP contribution is -2.48. The van der Waals surface area contributed by atoms with E-state index >= 15 is 0 Å². The fourth-order valence-corrected chi connectivity index (χ4v) is 4.25. The molecule has 1 amide bonds. The van der Waals surface area contributed by atoms with Gasteiger partial charge in [-0.25, -0.2) is 9.78 Å². The van der Waals surface area contributed by atoms with E-state index < -0.39 is 12.0 Å². The van der Waals surface area contributed by atoms with Gasteiger partial charge >= 0.3 is 5.97 Å². The molecule has 41 heavy (non-hydrogen) atoms. The molecule has 1 aromatic carbocycles. The molecule has 0 unspecified atom stereocenters. The van der Waals surface area contributed by atoms with Crippen LogP contribution in [-0.2, 0) is 29.0 Å². The number of fused-ring (bicyclic) bond motifs is 1. The summed E-state index contributed by atoms with van der Waals surface area (Å²) in [5.74, 6) is 1.26. The third-order valence-electron chi connectivity index (χ3n) is 6.49. The standard InChI is InChI=1S/C29H36N2O5.C4H11N/c1-5-8-9-10-28(32)31-19-23-17-24(13-12-22(23)18-26(31)29(33)34)35-16-15-25-20(4)36-27(30-25)14-11-21(6-2)7-3;1-4(2,3)5/h5,8-14,17,21,26H,6-7,15-16,18-19H2,1-4H3,(H,33,34);5H2,1-3H3/b8-5+,10-9+,14-11+;/t26-;/m0./s1. The second kappa shape index (κ2) is 16.0. The van der Waals surface area contributed by atoms with Crippen molar-refractivity contribution in [3.05, 3.63) is 77.1 Å². The van der Waals surface area contributed by atoms with Gasteiger partial charge in [0.15, 0.2) is 0 Å². The summed E-state index contributed by atoms with van der Waals surface area (Å²) in [7, 11) is 0. The Kier molecular flexibility index (Phi) is 13.1. The van der Waals surface area contributed by atoms with E-state index in [1.165, 1.54) is 11.0 Å². The molecule has 1 atom stereocenters. The second-order valence-electron chi connectivity index (χ2n) is 11.3. The van der Waals surface area contributed by atoms with Gasteiger partial charge < -0.3 is 24.9 Å². The highest BCUT2D eigenvalue weighted by molar-refractivity contribution is 5.92. The van der Waals surface area contributed by atoms with Crippen LogP contribution in [0.2, 0.25) is 0 Å². The number of hydrogen-bond acceptors (Lipinski definition) is 6. The van der Waals surface area contributed by atoms with Gasteiger partial charge in [-0.05, 0) is 82.7 Å². The average Bonchev–Trinajstić information content (AvgIpc) is 3.26. The summed E-state index contributed by atoms with van der Waals surface area (Å²) >= 11 is 0. The number of benzene rings is 1. The molecule has 8 heteroatoms. The number of oxazole rings is 1. The topological polar surface area (TPSA) is 119 Å². The molecule has 1 aliphatic rings. The van der Waals surface area contributed by atoms with E-state index in [4.69, 9.17) is 14.9 Å². The van der Waals surface area contributed by atoms with E-state index in [9.17, 15) is 14.7 Å². The Bertz CT molecular complexity index is 1230. The Balaban J connectivity index is 0.00000108. The van der Waals surface area contributed by atoms with Crippen molar-refractivity contribution in [3.8, 4) is 5.75 Å². The highest BCUT2D eigenvalue weighted by Gasteiger charge is 2.33. The van der Waals surface area contributed by atoms with Crippen LogP contribution >= 0.6 is 0 Å². The van der Waals surface area contributed by atoms with Crippen molar-refractivity contribution in [2.24, 2.45) is 11.7 Å². The summed E-state index contributed by atoms with van der Waals surface area (Å²) in [6, 6.07) is 4.74. The van der Waals surface area contributed by atoms with Gasteiger partial charge in [0.2, 0.25) is 11.8 Å². The molecule has 8 nitrogen and oxygen atoms in total. The highest BCUT2D eigenvalue weighted by Crippen LogP contribution is 2.28. The molecule has 0 fully saturated rings. The minimum absolute atomic E-state index is 0. The fraction of sp³-hybridized carbons (Fsp3) is 0.485. The van der Waals surface area contributed by atoms with Crippen molar-refractivity contribution < 1.29 is 23.8 Å². The predicted molar refractivity (Wildman–Crippen MR) is 164 cm³/mol. The molecular formula is C33H47N3O5. The molecule has 0 aliphatic carbocycles. The lowest BCUT2D eigenvalue weighted by molar-refractivity contribution is -0.149. The maximum Gasteiger partial charge on any atom is 0.326 e. The number of aromatic nitrogens is 1. The highest BCUT2D eigenvalue weighted by atomic mass is 16.5. The van der Waals surface area contributed by atoms with Crippen LogP contribution in [0.4, 0.5) is 0 Å². The zero-order valence-corrected chi connectivity index (χ0v) is 25.6. The third kappa shape index (κ3) is 11.4. The molecule has 0 spiro atoms. The summed E-state index contributed by atoms with van der Waals surface area (Å²) in [4.78, 5) is 30.4. The Morgan fingerprint density at radius 1 is 1.22 bits per heavy atom. The first kappa shape index (κ1) is 33.6. The van der Waals surface area contributed by atoms with E-state index in [1.807, 2.05) is 58.9 Å². The van der Waals surface area contributed by atoms with Crippen LogP contribution < -0.4 is 10.5 Å². The molecule has 224 valence electrons. The fourth-order valence-electron chi connectivity index (χ4n) is 4.25. The van der Waals surface area contributed by atoms with Crippen LogP contribution in [0.15, 0.2) is 53.0 Å². The number of amides is 1. The molecule has 2 heterocycles. The predicted octanol–water partition coefficient (Wildman–Crippen LogP) is 6.27. The molecule has 0 radical (unpaired) electrons. The Morgan fingerprint density at radius 3 is 2.51 bits per heavy atom. The second-order valence-corrected chi connectivity index (χ2v) is 11.3. The molecule has 0 saturated carbocycles. The van der Waals surface area contributed by atoms with Gasteiger partial charge in [-0.15, -0.1) is 0 Å². The average molecular weight is 566 g/mol. The van der Waals surface area contributed by atoms with Crippen LogP contribution in [0, 0.1) is 12.8 Å². The Labute approximate surface area is 245 Å². The number of nitrogens with zero attached hydrogens (tertiary/aromatic N) is 2. The number of carboxylic acids is 1. The SMILES string of the molecule is C/C=C/C=C/C(=O)N1Cc2cc(OCCc3nc(/C=C/C(CC)CC)oc3C)ccc2C[C@H]1C(=O)O.CC(C)(C)N. The lowest BCUT2D eigenvalue weighted by atomic mass is 9.93. The number of carboxylic acid groups (broad SMARTS) is 1. The lowest BCUT2D eigenvalue weighted by Gasteiger charge is -2.34. The van der Waals surface area contributed by atoms with Crippen LogP contribution in [0.3, 0.4) is 0 Å². The van der Waals surface area contributed by atoms with Gasteiger partial charge in [0.05, 0.1) is 12.3 Å². The Hall–Kier alpha value is -3.65. The van der Waals surface area contributed by atoms with Crippen LogP contribution in [0.5, 0.6) is 5.75 Å². The first-order valence-corrected chi connectivity index (χ1v) is 14.4. The maximum atomic E-state index is 12.7. The van der Waals surface area contributed by atoms with E-state index in [1.54, 1.807) is 18.2 Å². The molecule has 1 aliphatic heterocycles. The zero-order chi connectivity index (χ0) is 30.6. The Morgan fingerprint density at radius 2 is 1.90 bits per heavy atom. The molecular weight excluding hydrogens is 518 g/mol. The smallest absolute Gasteiger partial charge is 0.326 e. The molecule has 0 saturated heterocycles. The summed E-state index contributed by atoms with van der Waals surface area (Å²) in [6.07, 6.45) is 13.7. The largest absolute Gasteiger partial charge is 0.493 e. The molecule has 0 bridgehead atoms. The van der Waals surface area contributed by atoms with Crippen molar-refractivity contribution in [1.82, 2.24) is 9.88 Å². The quantitative estimate of drug-likeness (QED) is 0.243. The van der Waals surface area contributed by atoms with Gasteiger partial charge in [0, 0.05) is 31.0 Å². The van der Waals surface area contributed by atoms with Crippen LogP contribution in [-0.4, -0.2) is 45.1 Å². The first-order valence-electron chi connectivity index (χ1n) is 14.4. The third-order valence-corrected chi connectivity index (χ3v) is 6.49. The number of carbonyl (C=O) groups excluding carboxylic acids is 1. The number of aliphatic carboxylic acids is 1. The minimum Gasteiger partial charge on any atom is -0.493 e. The summed E-state index contributed by atoms with van der Waals surface area (Å²) in [5, 5.41) is 9.67. The van der Waals surface area contributed by atoms with Crippen molar-refractivity contribution in [3.63, 3.8) is 0 Å². The molecule has 1 aromatic heterocycles. The number of allylic oxidation sites excluding steroid dienone is 4. The summed E-state index contributed by atoms with van der Waals surface area (Å²) < 4.78 is 11.8. The number of ether oxygens (including phenoxy) is 1. The van der Waals surface area contributed by atoms with Gasteiger partial charge in [0.1, 0.15) is 17.6 Å². The minimum atomic E-state index is -1.01. The number of hydrogen-bond donors (Lipinski definition) is 2. The van der Waals surface area contributed by atoms with Crippen molar-refractivity contribution in [2.75, 3.05) is 6.61 Å². The van der Waals surface area contributed by atoms with E-state index in [2.05, 4.69) is 24.9 Å². The number of carbonyl (C=O) groups is 2. The summed E-state index contributed by atoms with van der Waals surface area (Å²) in [6.45, 7) is 14.6. The monoisotopic (exact) mass is 565 g/mol. The number of rotatable bonds is 11. The zero-order valence-electron chi connectivity index (χ0n) is 25.6. The van der Waals surface area contributed by atoms with Crippen molar-refractivity contribution in [1.29, 1.82) is 0 Å². The van der Waals surface area contributed by atoms with Gasteiger partial charge in [0.25, 0.3) is 0 Å². The van der Waals surface area contributed by atoms with Gasteiger partial charge in [-0.3, -0.25) is 4.79 Å². The maximum absolute atomic E-state index is 12.7. The normalized spacial score (nSPS) is 15.4. The first-order chi connectivity index (χ1) is 19.4. The molecule has 3 rings (SSSR count). The summed E-state index contributed by atoms with van der Waals surface area (Å²) in [5.41, 5.74) is 8.03. The van der Waals surface area contributed by atoms with E-state index in [0.717, 1.165) is 35.4 Å². The van der Waals surface area contributed by atoms with E-state index in [-0.39, 0.29) is 24.4 Å². The van der Waals surface area contributed by atoms with E-state index in [0.29, 0.717) is 30.6 Å². The van der Waals surface area contributed by atoms with Crippen molar-refractivity contribution in [2.45, 2.75) is 92.3 Å². The van der Waals surface area contributed by atoms with Gasteiger partial charge in [-0.2, -0.15) is 0 Å². The molecule has 2 aromatic rings.